The van der Waals surface area contributed by atoms with Crippen molar-refractivity contribution in [3.8, 4) is 0 Å². The summed E-state index contributed by atoms with van der Waals surface area (Å²) in [5.74, 6) is 0. The van der Waals surface area contributed by atoms with Crippen molar-refractivity contribution in [3.05, 3.63) is 56.0 Å². The summed E-state index contributed by atoms with van der Waals surface area (Å²) < 4.78 is 0.911. The first-order chi connectivity index (χ1) is 9.38. The molecule has 2 aromatic rings. The molecule has 2 aromatic carbocycles. The van der Waals surface area contributed by atoms with E-state index in [0.717, 1.165) is 27.0 Å². The lowest BCUT2D eigenvalue weighted by molar-refractivity contribution is 1.43. The Morgan fingerprint density at radius 2 is 1.85 bits per heavy atom. The van der Waals surface area contributed by atoms with Gasteiger partial charge in [-0.3, -0.25) is 0 Å². The van der Waals surface area contributed by atoms with Crippen molar-refractivity contribution in [3.63, 3.8) is 0 Å². The van der Waals surface area contributed by atoms with E-state index in [1.807, 2.05) is 31.2 Å². The highest BCUT2D eigenvalue weighted by molar-refractivity contribution is 9.10. The molecule has 104 valence electrons. The van der Waals surface area contributed by atoms with Crippen LogP contribution in [-0.4, -0.2) is 4.99 Å². The molecule has 0 fully saturated rings. The molecule has 3 N–H and O–H groups in total. The number of rotatable bonds is 3. The van der Waals surface area contributed by atoms with Gasteiger partial charge in [0.15, 0.2) is 0 Å². The average Bonchev–Trinajstić information content (AvgIpc) is 2.37. The van der Waals surface area contributed by atoms with E-state index in [0.29, 0.717) is 15.0 Å². The van der Waals surface area contributed by atoms with Gasteiger partial charge in [0, 0.05) is 15.1 Å². The molecule has 0 amide bonds. The van der Waals surface area contributed by atoms with Gasteiger partial charge in [-0.2, -0.15) is 0 Å². The minimum atomic E-state index is 0.318. The largest absolute Gasteiger partial charge is 0.389 e. The van der Waals surface area contributed by atoms with E-state index in [1.54, 1.807) is 6.07 Å². The highest BCUT2D eigenvalue weighted by Crippen LogP contribution is 2.33. The number of thiocarbonyl (C=S) groups is 1. The van der Waals surface area contributed by atoms with E-state index in [-0.39, 0.29) is 0 Å². The summed E-state index contributed by atoms with van der Waals surface area (Å²) in [6.45, 7) is 1.95. The maximum atomic E-state index is 6.22. The number of benzene rings is 2. The average molecular weight is 390 g/mol. The number of halogens is 3. The van der Waals surface area contributed by atoms with Crippen molar-refractivity contribution in [1.29, 1.82) is 0 Å². The van der Waals surface area contributed by atoms with Gasteiger partial charge in [0.1, 0.15) is 4.99 Å². The summed E-state index contributed by atoms with van der Waals surface area (Å²) >= 11 is 20.8. The molecule has 2 rings (SSSR count). The Bertz CT molecular complexity index is 689. The van der Waals surface area contributed by atoms with Crippen LogP contribution in [0, 0.1) is 6.92 Å². The topological polar surface area (TPSA) is 38.0 Å². The van der Waals surface area contributed by atoms with Gasteiger partial charge in [-0.05, 0) is 58.7 Å². The summed E-state index contributed by atoms with van der Waals surface area (Å²) in [4.78, 5) is 0.318. The molecule has 0 heterocycles. The smallest absolute Gasteiger partial charge is 0.104 e. The molecule has 2 nitrogen and oxygen atoms in total. The lowest BCUT2D eigenvalue weighted by Crippen LogP contribution is -2.09. The van der Waals surface area contributed by atoms with E-state index < -0.39 is 0 Å². The van der Waals surface area contributed by atoms with Crippen LogP contribution in [-0.2, 0) is 0 Å². The molecule has 0 radical (unpaired) electrons. The molecule has 0 atom stereocenters. The van der Waals surface area contributed by atoms with Gasteiger partial charge in [-0.1, -0.05) is 35.4 Å². The number of anilines is 2. The molecule has 0 aliphatic heterocycles. The van der Waals surface area contributed by atoms with Gasteiger partial charge in [-0.25, -0.2) is 0 Å². The van der Waals surface area contributed by atoms with Crippen LogP contribution in [0.3, 0.4) is 0 Å². The van der Waals surface area contributed by atoms with E-state index in [2.05, 4.69) is 21.2 Å². The zero-order chi connectivity index (χ0) is 14.9. The Morgan fingerprint density at radius 1 is 1.15 bits per heavy atom. The fourth-order valence-electron chi connectivity index (χ4n) is 1.66. The van der Waals surface area contributed by atoms with Crippen LogP contribution < -0.4 is 11.1 Å². The number of aryl methyl sites for hydroxylation is 1. The number of nitrogens with two attached hydrogens (primary N) is 1. The molecule has 0 aliphatic rings. The molecule has 0 saturated heterocycles. The Balaban J connectivity index is 2.35. The highest BCUT2D eigenvalue weighted by atomic mass is 79.9. The lowest BCUT2D eigenvalue weighted by Gasteiger charge is -2.12. The molecular weight excluding hydrogens is 379 g/mol. The summed E-state index contributed by atoms with van der Waals surface area (Å²) in [6.07, 6.45) is 0. The summed E-state index contributed by atoms with van der Waals surface area (Å²) in [6, 6.07) is 9.17. The molecular formula is C14H11BrCl2N2S. The quantitative estimate of drug-likeness (QED) is 0.686. The Morgan fingerprint density at radius 3 is 2.45 bits per heavy atom. The molecule has 20 heavy (non-hydrogen) atoms. The van der Waals surface area contributed by atoms with Gasteiger partial charge < -0.3 is 11.1 Å². The Hall–Kier alpha value is -0.810. The second-order valence-electron chi connectivity index (χ2n) is 4.27. The monoisotopic (exact) mass is 388 g/mol. The molecule has 0 aliphatic carbocycles. The minimum absolute atomic E-state index is 0.318. The third-order valence-corrected chi connectivity index (χ3v) is 4.38. The normalized spacial score (nSPS) is 10.4. The van der Waals surface area contributed by atoms with Crippen LogP contribution in [0.5, 0.6) is 0 Å². The fraction of sp³-hybridized carbons (Fsp3) is 0.0714. The standard InChI is InChI=1S/C14H11BrCl2N2S/c1-7-4-9(15)13(6-10(7)16)19-12-3-2-8(14(18)20)5-11(12)17/h2-6,19H,1H3,(H2,18,20). The zero-order valence-electron chi connectivity index (χ0n) is 10.5. The van der Waals surface area contributed by atoms with Crippen molar-refractivity contribution < 1.29 is 0 Å². The van der Waals surface area contributed by atoms with Crippen molar-refractivity contribution in [2.75, 3.05) is 5.32 Å². The van der Waals surface area contributed by atoms with Gasteiger partial charge in [-0.15, -0.1) is 0 Å². The molecule has 0 aromatic heterocycles. The van der Waals surface area contributed by atoms with E-state index >= 15 is 0 Å². The lowest BCUT2D eigenvalue weighted by atomic mass is 10.2. The summed E-state index contributed by atoms with van der Waals surface area (Å²) in [5.41, 5.74) is 8.90. The minimum Gasteiger partial charge on any atom is -0.389 e. The first-order valence-corrected chi connectivity index (χ1v) is 7.66. The van der Waals surface area contributed by atoms with Crippen LogP contribution in [0.4, 0.5) is 11.4 Å². The number of hydrogen-bond donors (Lipinski definition) is 2. The molecule has 6 heteroatoms. The zero-order valence-corrected chi connectivity index (χ0v) is 14.4. The van der Waals surface area contributed by atoms with Crippen LogP contribution in [0.2, 0.25) is 10.0 Å². The van der Waals surface area contributed by atoms with Crippen molar-refractivity contribution >= 4 is 67.7 Å². The van der Waals surface area contributed by atoms with Crippen LogP contribution in [0.25, 0.3) is 0 Å². The SMILES string of the molecule is Cc1cc(Br)c(Nc2ccc(C(N)=S)cc2Cl)cc1Cl. The van der Waals surface area contributed by atoms with Crippen LogP contribution in [0.15, 0.2) is 34.8 Å². The maximum Gasteiger partial charge on any atom is 0.104 e. The molecule has 0 saturated carbocycles. The van der Waals surface area contributed by atoms with Gasteiger partial charge in [0.05, 0.1) is 16.4 Å². The Labute approximate surface area is 141 Å². The molecule has 0 spiro atoms. The first kappa shape index (κ1) is 15.6. The Kier molecular flexibility index (Phi) is 4.91. The van der Waals surface area contributed by atoms with Gasteiger partial charge in [0.25, 0.3) is 0 Å². The number of nitrogens with one attached hydrogen (secondary N) is 1. The predicted molar refractivity (Wildman–Crippen MR) is 94.5 cm³/mol. The second-order valence-corrected chi connectivity index (χ2v) is 6.37. The third kappa shape index (κ3) is 3.44. The highest BCUT2D eigenvalue weighted by Gasteiger charge is 2.08. The summed E-state index contributed by atoms with van der Waals surface area (Å²) in [7, 11) is 0. The van der Waals surface area contributed by atoms with E-state index in [9.17, 15) is 0 Å². The van der Waals surface area contributed by atoms with E-state index in [1.165, 1.54) is 0 Å². The maximum absolute atomic E-state index is 6.22. The second kappa shape index (κ2) is 6.31. The molecule has 0 bridgehead atoms. The van der Waals surface area contributed by atoms with Crippen molar-refractivity contribution in [2.24, 2.45) is 5.73 Å². The van der Waals surface area contributed by atoms with Crippen molar-refractivity contribution in [2.45, 2.75) is 6.92 Å². The van der Waals surface area contributed by atoms with Crippen LogP contribution >= 0.6 is 51.3 Å². The molecule has 0 unspecified atom stereocenters. The van der Waals surface area contributed by atoms with E-state index in [4.69, 9.17) is 41.2 Å². The first-order valence-electron chi connectivity index (χ1n) is 5.70. The van der Waals surface area contributed by atoms with Crippen molar-refractivity contribution in [1.82, 2.24) is 0 Å². The fourth-order valence-corrected chi connectivity index (χ4v) is 2.73. The summed E-state index contributed by atoms with van der Waals surface area (Å²) in [5, 5.41) is 4.45. The van der Waals surface area contributed by atoms with Gasteiger partial charge in [0.2, 0.25) is 0 Å². The predicted octanol–water partition coefficient (Wildman–Crippen LogP) is 5.44. The van der Waals surface area contributed by atoms with Gasteiger partial charge >= 0.3 is 0 Å². The third-order valence-electron chi connectivity index (χ3n) is 2.77. The number of hydrogen-bond acceptors (Lipinski definition) is 2. The van der Waals surface area contributed by atoms with Crippen LogP contribution in [0.1, 0.15) is 11.1 Å².